The Labute approximate surface area is 160 Å². The lowest BCUT2D eigenvalue weighted by atomic mass is 10.1. The zero-order valence-electron chi connectivity index (χ0n) is 15.9. The summed E-state index contributed by atoms with van der Waals surface area (Å²) in [4.78, 5) is 23.0. The maximum atomic E-state index is 12.5. The fourth-order valence-corrected chi connectivity index (χ4v) is 4.21. The number of hydrogen-bond donors (Lipinski definition) is 1. The molecule has 1 aromatic heterocycles. The summed E-state index contributed by atoms with van der Waals surface area (Å²) in [6.45, 7) is 12.0. The summed E-state index contributed by atoms with van der Waals surface area (Å²) in [6, 6.07) is 10.2. The fourth-order valence-electron chi connectivity index (χ4n) is 3.21. The standard InChI is InChI=1S/C20H28N4OS/c1-4-23-10-12-24(13-11-23)14-17(25)21-20-22-18(19(26-20)15(2)3)16-8-6-5-7-9-16/h5-9,15H,4,10-14H2,1-3H3,(H,21,22,25). The Hall–Kier alpha value is -1.76. The van der Waals surface area contributed by atoms with E-state index in [9.17, 15) is 4.79 Å². The number of likely N-dealkylation sites (N-methyl/N-ethyl adjacent to an activating group) is 1. The Morgan fingerprint density at radius 2 is 1.81 bits per heavy atom. The highest BCUT2D eigenvalue weighted by Crippen LogP contribution is 2.36. The average Bonchev–Trinajstić information content (AvgIpc) is 3.07. The molecular weight excluding hydrogens is 344 g/mol. The summed E-state index contributed by atoms with van der Waals surface area (Å²) in [5, 5.41) is 3.71. The SMILES string of the molecule is CCN1CCN(CC(=O)Nc2nc(-c3ccccc3)c(C(C)C)s2)CC1. The van der Waals surface area contributed by atoms with Gasteiger partial charge in [-0.1, -0.05) is 51.1 Å². The molecule has 0 unspecified atom stereocenters. The van der Waals surface area contributed by atoms with Gasteiger partial charge in [0.2, 0.25) is 5.91 Å². The number of nitrogens with one attached hydrogen (secondary N) is 1. The number of rotatable bonds is 6. The maximum absolute atomic E-state index is 12.5. The number of benzene rings is 1. The van der Waals surface area contributed by atoms with Crippen LogP contribution < -0.4 is 5.32 Å². The minimum atomic E-state index is 0.0265. The largest absolute Gasteiger partial charge is 0.301 e. The minimum Gasteiger partial charge on any atom is -0.301 e. The monoisotopic (exact) mass is 372 g/mol. The van der Waals surface area contributed by atoms with Crippen LogP contribution in [0.15, 0.2) is 30.3 Å². The van der Waals surface area contributed by atoms with Gasteiger partial charge in [-0.3, -0.25) is 9.69 Å². The number of anilines is 1. The van der Waals surface area contributed by atoms with Crippen molar-refractivity contribution in [3.05, 3.63) is 35.2 Å². The third kappa shape index (κ3) is 4.69. The molecule has 1 aliphatic rings. The van der Waals surface area contributed by atoms with E-state index in [0.29, 0.717) is 17.6 Å². The van der Waals surface area contributed by atoms with Crippen molar-refractivity contribution in [3.63, 3.8) is 0 Å². The minimum absolute atomic E-state index is 0.0265. The van der Waals surface area contributed by atoms with Gasteiger partial charge in [-0.25, -0.2) is 4.98 Å². The van der Waals surface area contributed by atoms with E-state index in [0.717, 1.165) is 44.0 Å². The second kappa shape index (κ2) is 8.75. The van der Waals surface area contributed by atoms with Crippen LogP contribution in [0, 0.1) is 0 Å². The van der Waals surface area contributed by atoms with Crippen molar-refractivity contribution in [3.8, 4) is 11.3 Å². The number of aromatic nitrogens is 1. The molecule has 1 fully saturated rings. The Morgan fingerprint density at radius 1 is 1.15 bits per heavy atom. The third-order valence-electron chi connectivity index (χ3n) is 4.75. The zero-order valence-corrected chi connectivity index (χ0v) is 16.7. The Morgan fingerprint density at radius 3 is 2.42 bits per heavy atom. The van der Waals surface area contributed by atoms with Gasteiger partial charge in [-0.05, 0) is 12.5 Å². The molecule has 0 spiro atoms. The van der Waals surface area contributed by atoms with Crippen molar-refractivity contribution in [2.24, 2.45) is 0 Å². The lowest BCUT2D eigenvalue weighted by Crippen LogP contribution is -2.48. The molecule has 0 bridgehead atoms. The van der Waals surface area contributed by atoms with E-state index in [4.69, 9.17) is 4.98 Å². The molecule has 0 aliphatic carbocycles. The van der Waals surface area contributed by atoms with Gasteiger partial charge in [0.25, 0.3) is 0 Å². The first-order chi connectivity index (χ1) is 12.6. The van der Waals surface area contributed by atoms with Gasteiger partial charge in [-0.15, -0.1) is 11.3 Å². The number of carbonyl (C=O) groups is 1. The van der Waals surface area contributed by atoms with E-state index >= 15 is 0 Å². The molecule has 3 rings (SSSR count). The summed E-state index contributed by atoms with van der Waals surface area (Å²) in [5.41, 5.74) is 2.08. The fraction of sp³-hybridized carbons (Fsp3) is 0.500. The number of hydrogen-bond acceptors (Lipinski definition) is 5. The molecule has 5 nitrogen and oxygen atoms in total. The van der Waals surface area contributed by atoms with Gasteiger partial charge >= 0.3 is 0 Å². The van der Waals surface area contributed by atoms with Crippen LogP contribution in [0.2, 0.25) is 0 Å². The normalized spacial score (nSPS) is 16.2. The molecule has 140 valence electrons. The molecular formula is C20H28N4OS. The molecule has 1 N–H and O–H groups in total. The lowest BCUT2D eigenvalue weighted by molar-refractivity contribution is -0.117. The molecule has 1 saturated heterocycles. The molecule has 0 radical (unpaired) electrons. The highest BCUT2D eigenvalue weighted by atomic mass is 32.1. The molecule has 1 aromatic carbocycles. The first kappa shape index (κ1) is 19.0. The van der Waals surface area contributed by atoms with Gasteiger partial charge in [0, 0.05) is 36.6 Å². The first-order valence-corrected chi connectivity index (χ1v) is 10.2. The van der Waals surface area contributed by atoms with Crippen molar-refractivity contribution in [1.82, 2.24) is 14.8 Å². The van der Waals surface area contributed by atoms with Crippen LogP contribution in [-0.4, -0.2) is 60.0 Å². The summed E-state index contributed by atoms with van der Waals surface area (Å²) in [6.07, 6.45) is 0. The number of piperazine rings is 1. The van der Waals surface area contributed by atoms with E-state index < -0.39 is 0 Å². The van der Waals surface area contributed by atoms with Crippen LogP contribution in [0.1, 0.15) is 31.6 Å². The van der Waals surface area contributed by atoms with Gasteiger partial charge in [0.15, 0.2) is 5.13 Å². The average molecular weight is 373 g/mol. The topological polar surface area (TPSA) is 48.5 Å². The summed E-state index contributed by atoms with van der Waals surface area (Å²) in [5.74, 6) is 0.397. The summed E-state index contributed by atoms with van der Waals surface area (Å²) in [7, 11) is 0. The van der Waals surface area contributed by atoms with Crippen LogP contribution >= 0.6 is 11.3 Å². The molecule has 0 saturated carbocycles. The van der Waals surface area contributed by atoms with E-state index in [1.807, 2.05) is 18.2 Å². The first-order valence-electron chi connectivity index (χ1n) is 9.37. The quantitative estimate of drug-likeness (QED) is 0.843. The van der Waals surface area contributed by atoms with Crippen molar-refractivity contribution in [2.75, 3.05) is 44.6 Å². The molecule has 0 atom stereocenters. The van der Waals surface area contributed by atoms with Crippen molar-refractivity contribution >= 4 is 22.4 Å². The second-order valence-electron chi connectivity index (χ2n) is 7.01. The van der Waals surface area contributed by atoms with Crippen LogP contribution in [0.3, 0.4) is 0 Å². The van der Waals surface area contributed by atoms with E-state index in [-0.39, 0.29) is 5.91 Å². The highest BCUT2D eigenvalue weighted by molar-refractivity contribution is 7.16. The predicted octanol–water partition coefficient (Wildman–Crippen LogP) is 3.51. The van der Waals surface area contributed by atoms with E-state index in [1.165, 1.54) is 4.88 Å². The highest BCUT2D eigenvalue weighted by Gasteiger charge is 2.20. The molecule has 1 amide bonds. The van der Waals surface area contributed by atoms with Crippen molar-refractivity contribution in [2.45, 2.75) is 26.7 Å². The van der Waals surface area contributed by atoms with Crippen LogP contribution in [0.4, 0.5) is 5.13 Å². The molecule has 26 heavy (non-hydrogen) atoms. The van der Waals surface area contributed by atoms with Crippen molar-refractivity contribution in [1.29, 1.82) is 0 Å². The lowest BCUT2D eigenvalue weighted by Gasteiger charge is -2.33. The summed E-state index contributed by atoms with van der Waals surface area (Å²) >= 11 is 1.59. The van der Waals surface area contributed by atoms with Gasteiger partial charge < -0.3 is 10.2 Å². The molecule has 2 aromatic rings. The molecule has 6 heteroatoms. The van der Waals surface area contributed by atoms with Gasteiger partial charge in [0.1, 0.15) is 0 Å². The number of amides is 1. The van der Waals surface area contributed by atoms with Crippen molar-refractivity contribution < 1.29 is 4.79 Å². The Balaban J connectivity index is 1.65. The van der Waals surface area contributed by atoms with Crippen LogP contribution in [0.5, 0.6) is 0 Å². The summed E-state index contributed by atoms with van der Waals surface area (Å²) < 4.78 is 0. The van der Waals surface area contributed by atoms with E-state index in [2.05, 4.69) is 48.0 Å². The van der Waals surface area contributed by atoms with Crippen LogP contribution in [-0.2, 0) is 4.79 Å². The van der Waals surface area contributed by atoms with E-state index in [1.54, 1.807) is 11.3 Å². The predicted molar refractivity (Wildman–Crippen MR) is 109 cm³/mol. The third-order valence-corrected chi connectivity index (χ3v) is 6.02. The smallest absolute Gasteiger partial charge is 0.240 e. The number of carbonyl (C=O) groups excluding carboxylic acids is 1. The van der Waals surface area contributed by atoms with Crippen LogP contribution in [0.25, 0.3) is 11.3 Å². The number of nitrogens with zero attached hydrogens (tertiary/aromatic N) is 3. The maximum Gasteiger partial charge on any atom is 0.240 e. The van der Waals surface area contributed by atoms with Gasteiger partial charge in [0.05, 0.1) is 12.2 Å². The molecule has 1 aliphatic heterocycles. The van der Waals surface area contributed by atoms with Gasteiger partial charge in [-0.2, -0.15) is 0 Å². The Kier molecular flexibility index (Phi) is 6.40. The Bertz CT molecular complexity index is 721. The number of thiazole rings is 1. The second-order valence-corrected chi connectivity index (χ2v) is 8.04. The molecule has 2 heterocycles. The zero-order chi connectivity index (χ0) is 18.5.